The van der Waals surface area contributed by atoms with Gasteiger partial charge in [-0.15, -0.1) is 0 Å². The van der Waals surface area contributed by atoms with Crippen molar-refractivity contribution < 1.29 is 14.7 Å². The van der Waals surface area contributed by atoms with Gasteiger partial charge in [0.05, 0.1) is 12.0 Å². The van der Waals surface area contributed by atoms with E-state index < -0.39 is 17.9 Å². The van der Waals surface area contributed by atoms with E-state index in [2.05, 4.69) is 15.9 Å². The first-order chi connectivity index (χ1) is 9.41. The zero-order valence-electron chi connectivity index (χ0n) is 11.0. The monoisotopic (exact) mass is 359 g/mol. The van der Waals surface area contributed by atoms with Crippen LogP contribution in [-0.2, 0) is 9.59 Å². The molecule has 0 bridgehead atoms. The van der Waals surface area contributed by atoms with Gasteiger partial charge >= 0.3 is 5.97 Å². The number of amides is 1. The number of rotatable bonds is 2. The van der Waals surface area contributed by atoms with E-state index in [0.717, 1.165) is 10.0 Å². The first-order valence-electron chi connectivity index (χ1n) is 6.35. The van der Waals surface area contributed by atoms with Gasteiger partial charge in [0.2, 0.25) is 5.91 Å². The van der Waals surface area contributed by atoms with Gasteiger partial charge in [0.1, 0.15) is 0 Å². The SMILES string of the molecule is CN1C(=O)CCCC(C(=O)O)C1c1ccc(Cl)cc1Br. The zero-order chi connectivity index (χ0) is 14.9. The minimum absolute atomic E-state index is 0.0272. The van der Waals surface area contributed by atoms with Gasteiger partial charge in [-0.3, -0.25) is 9.59 Å². The largest absolute Gasteiger partial charge is 0.481 e. The molecule has 1 aromatic rings. The lowest BCUT2D eigenvalue weighted by Crippen LogP contribution is -2.36. The van der Waals surface area contributed by atoms with Crippen molar-refractivity contribution in [3.8, 4) is 0 Å². The number of carbonyl (C=O) groups is 2. The van der Waals surface area contributed by atoms with Crippen molar-refractivity contribution in [1.82, 2.24) is 4.90 Å². The Morgan fingerprint density at radius 2 is 2.20 bits per heavy atom. The van der Waals surface area contributed by atoms with Gasteiger partial charge < -0.3 is 10.0 Å². The molecule has 6 heteroatoms. The van der Waals surface area contributed by atoms with Crippen LogP contribution >= 0.6 is 27.5 Å². The molecule has 1 saturated heterocycles. The Hall–Kier alpha value is -1.07. The number of likely N-dealkylation sites (tertiary alicyclic amines) is 1. The lowest BCUT2D eigenvalue weighted by atomic mass is 9.89. The van der Waals surface area contributed by atoms with E-state index in [9.17, 15) is 14.7 Å². The van der Waals surface area contributed by atoms with E-state index in [4.69, 9.17) is 11.6 Å². The maximum Gasteiger partial charge on any atom is 0.308 e. The minimum atomic E-state index is -0.876. The highest BCUT2D eigenvalue weighted by Crippen LogP contribution is 2.38. The standard InChI is InChI=1S/C14H15BrClNO3/c1-17-12(18)4-2-3-10(14(19)20)13(17)9-6-5-8(16)7-11(9)15/h5-7,10,13H,2-4H2,1H3,(H,19,20). The molecule has 0 aliphatic carbocycles. The molecule has 1 amide bonds. The van der Waals surface area contributed by atoms with E-state index in [1.165, 1.54) is 0 Å². The first kappa shape index (κ1) is 15.3. The van der Waals surface area contributed by atoms with Gasteiger partial charge in [-0.05, 0) is 30.5 Å². The van der Waals surface area contributed by atoms with Gasteiger partial charge in [0.25, 0.3) is 0 Å². The van der Waals surface area contributed by atoms with Gasteiger partial charge in [0, 0.05) is 23.0 Å². The molecule has 1 heterocycles. The predicted octanol–water partition coefficient (Wildman–Crippen LogP) is 3.49. The molecule has 0 saturated carbocycles. The highest BCUT2D eigenvalue weighted by molar-refractivity contribution is 9.10. The summed E-state index contributed by atoms with van der Waals surface area (Å²) in [5.41, 5.74) is 0.777. The molecule has 0 spiro atoms. The Labute approximate surface area is 130 Å². The van der Waals surface area contributed by atoms with Crippen molar-refractivity contribution in [2.45, 2.75) is 25.3 Å². The van der Waals surface area contributed by atoms with Crippen LogP contribution in [-0.4, -0.2) is 28.9 Å². The van der Waals surface area contributed by atoms with Crippen molar-refractivity contribution in [2.75, 3.05) is 7.05 Å². The third kappa shape index (κ3) is 2.99. The number of halogens is 2. The number of aliphatic carboxylic acids is 1. The second kappa shape index (κ2) is 6.14. The number of hydrogen-bond donors (Lipinski definition) is 1. The Kier molecular flexibility index (Phi) is 4.70. The molecule has 1 aromatic carbocycles. The summed E-state index contributed by atoms with van der Waals surface area (Å²) in [7, 11) is 1.66. The zero-order valence-corrected chi connectivity index (χ0v) is 13.3. The maximum atomic E-state index is 12.0. The second-order valence-electron chi connectivity index (χ2n) is 4.95. The molecule has 2 atom stereocenters. The van der Waals surface area contributed by atoms with Crippen LogP contribution in [0.2, 0.25) is 5.02 Å². The van der Waals surface area contributed by atoms with Crippen LogP contribution in [0.3, 0.4) is 0 Å². The summed E-state index contributed by atoms with van der Waals surface area (Å²) in [6, 6.07) is 4.74. The number of carboxylic acid groups (broad SMARTS) is 1. The number of nitrogens with zero attached hydrogens (tertiary/aromatic N) is 1. The van der Waals surface area contributed by atoms with Gasteiger partial charge in [-0.2, -0.15) is 0 Å². The Balaban J connectivity index is 2.50. The van der Waals surface area contributed by atoms with Crippen LogP contribution in [0.5, 0.6) is 0 Å². The fourth-order valence-corrected chi connectivity index (χ4v) is 3.57. The smallest absolute Gasteiger partial charge is 0.308 e. The summed E-state index contributed by atoms with van der Waals surface area (Å²) in [5.74, 6) is -1.51. The molecule has 108 valence electrons. The van der Waals surface area contributed by atoms with Crippen LogP contribution in [0, 0.1) is 5.92 Å². The van der Waals surface area contributed by atoms with Crippen molar-refractivity contribution in [3.05, 3.63) is 33.3 Å². The van der Waals surface area contributed by atoms with E-state index in [0.29, 0.717) is 24.3 Å². The fourth-order valence-electron chi connectivity index (χ4n) is 2.66. The van der Waals surface area contributed by atoms with Crippen molar-refractivity contribution in [1.29, 1.82) is 0 Å². The van der Waals surface area contributed by atoms with Crippen LogP contribution < -0.4 is 0 Å². The van der Waals surface area contributed by atoms with Gasteiger partial charge in [-0.1, -0.05) is 33.6 Å². The average Bonchev–Trinajstić information content (AvgIpc) is 2.51. The second-order valence-corrected chi connectivity index (χ2v) is 6.24. The van der Waals surface area contributed by atoms with E-state index >= 15 is 0 Å². The molecule has 0 radical (unpaired) electrons. The highest BCUT2D eigenvalue weighted by atomic mass is 79.9. The quantitative estimate of drug-likeness (QED) is 0.878. The lowest BCUT2D eigenvalue weighted by molar-refractivity contribution is -0.145. The maximum absolute atomic E-state index is 12.0. The van der Waals surface area contributed by atoms with Crippen LogP contribution in [0.25, 0.3) is 0 Å². The van der Waals surface area contributed by atoms with E-state index in [1.54, 1.807) is 30.1 Å². The predicted molar refractivity (Wildman–Crippen MR) is 79.6 cm³/mol. The number of benzene rings is 1. The third-order valence-corrected chi connectivity index (χ3v) is 4.62. The highest BCUT2D eigenvalue weighted by Gasteiger charge is 2.37. The summed E-state index contributed by atoms with van der Waals surface area (Å²) in [6.07, 6.45) is 1.48. The topological polar surface area (TPSA) is 57.6 Å². The fraction of sp³-hybridized carbons (Fsp3) is 0.429. The Morgan fingerprint density at radius 1 is 1.50 bits per heavy atom. The molecule has 20 heavy (non-hydrogen) atoms. The first-order valence-corrected chi connectivity index (χ1v) is 7.52. The number of hydrogen-bond acceptors (Lipinski definition) is 2. The summed E-state index contributed by atoms with van der Waals surface area (Å²) in [6.45, 7) is 0. The van der Waals surface area contributed by atoms with Crippen LogP contribution in [0.4, 0.5) is 0 Å². The normalized spacial score (nSPS) is 23.6. The number of carbonyl (C=O) groups excluding carboxylic acids is 1. The molecule has 2 unspecified atom stereocenters. The molecular weight excluding hydrogens is 346 g/mol. The third-order valence-electron chi connectivity index (χ3n) is 3.70. The van der Waals surface area contributed by atoms with Crippen LogP contribution in [0.1, 0.15) is 30.9 Å². The molecule has 4 nitrogen and oxygen atoms in total. The van der Waals surface area contributed by atoms with Crippen molar-refractivity contribution in [3.63, 3.8) is 0 Å². The summed E-state index contributed by atoms with van der Waals surface area (Å²) in [5, 5.41) is 10.0. The van der Waals surface area contributed by atoms with Crippen LogP contribution in [0.15, 0.2) is 22.7 Å². The summed E-state index contributed by atoms with van der Waals surface area (Å²) >= 11 is 9.34. The summed E-state index contributed by atoms with van der Waals surface area (Å²) in [4.78, 5) is 25.1. The molecule has 2 rings (SSSR count). The van der Waals surface area contributed by atoms with Gasteiger partial charge in [-0.25, -0.2) is 0 Å². The number of carboxylic acids is 1. The molecular formula is C14H15BrClNO3. The summed E-state index contributed by atoms with van der Waals surface area (Å²) < 4.78 is 0.725. The average molecular weight is 361 g/mol. The Bertz CT molecular complexity index is 549. The van der Waals surface area contributed by atoms with E-state index in [1.807, 2.05) is 0 Å². The van der Waals surface area contributed by atoms with E-state index in [-0.39, 0.29) is 5.91 Å². The molecule has 0 aromatic heterocycles. The molecule has 1 fully saturated rings. The van der Waals surface area contributed by atoms with Crippen molar-refractivity contribution >= 4 is 39.4 Å². The minimum Gasteiger partial charge on any atom is -0.481 e. The van der Waals surface area contributed by atoms with Gasteiger partial charge in [0.15, 0.2) is 0 Å². The van der Waals surface area contributed by atoms with Crippen molar-refractivity contribution in [2.24, 2.45) is 5.92 Å². The molecule has 1 aliphatic heterocycles. The molecule has 1 aliphatic rings. The Morgan fingerprint density at radius 3 is 2.80 bits per heavy atom. The molecule has 1 N–H and O–H groups in total. The lowest BCUT2D eigenvalue weighted by Gasteiger charge is -2.31.